The Kier molecular flexibility index (Phi) is 6.21. The third-order valence-electron chi connectivity index (χ3n) is 4.15. The maximum atomic E-state index is 11.3. The van der Waals surface area contributed by atoms with Gasteiger partial charge in [0.1, 0.15) is 5.69 Å². The number of nitrogens with zero attached hydrogens (tertiary/aromatic N) is 1. The Hall–Kier alpha value is -3.20. The summed E-state index contributed by atoms with van der Waals surface area (Å²) in [5.74, 6) is 1.63. The lowest BCUT2D eigenvalue weighted by Gasteiger charge is -2.14. The fourth-order valence-electron chi connectivity index (χ4n) is 2.89. The van der Waals surface area contributed by atoms with Crippen LogP contribution in [-0.4, -0.2) is 43.2 Å². The minimum atomic E-state index is -4.80. The Bertz CT molecular complexity index is 1060. The van der Waals surface area contributed by atoms with E-state index in [9.17, 15) is 4.57 Å². The Balaban J connectivity index is 2.13. The van der Waals surface area contributed by atoms with Crippen molar-refractivity contribution >= 4 is 7.82 Å². The molecule has 0 saturated heterocycles. The first kappa shape index (κ1) is 21.5. The molecule has 0 spiro atoms. The van der Waals surface area contributed by atoms with Gasteiger partial charge in [-0.25, -0.2) is 9.55 Å². The minimum Gasteiger partial charge on any atom is -0.493 e. The fourth-order valence-corrected chi connectivity index (χ4v) is 3.29. The first-order valence-electron chi connectivity index (χ1n) is 8.48. The van der Waals surface area contributed by atoms with Crippen LogP contribution in [0, 0.1) is 0 Å². The van der Waals surface area contributed by atoms with Crippen LogP contribution in [0.1, 0.15) is 0 Å². The van der Waals surface area contributed by atoms with Crippen LogP contribution in [0.15, 0.2) is 41.1 Å². The maximum Gasteiger partial charge on any atom is 0.524 e. The second kappa shape index (κ2) is 8.66. The molecule has 0 aliphatic rings. The van der Waals surface area contributed by atoms with Gasteiger partial charge in [0.2, 0.25) is 5.75 Å². The highest BCUT2D eigenvalue weighted by Crippen LogP contribution is 2.46. The van der Waals surface area contributed by atoms with Gasteiger partial charge >= 0.3 is 7.82 Å². The van der Waals surface area contributed by atoms with Crippen molar-refractivity contribution in [2.45, 2.75) is 0 Å². The Labute approximate surface area is 172 Å². The molecule has 0 saturated carbocycles. The Morgan fingerprint density at radius 3 is 1.97 bits per heavy atom. The van der Waals surface area contributed by atoms with Crippen LogP contribution in [0.3, 0.4) is 0 Å². The van der Waals surface area contributed by atoms with Gasteiger partial charge in [0.05, 0.1) is 28.4 Å². The summed E-state index contributed by atoms with van der Waals surface area (Å²) in [7, 11) is 1.06. The van der Waals surface area contributed by atoms with Crippen molar-refractivity contribution < 1.29 is 42.2 Å². The molecule has 0 unspecified atom stereocenters. The summed E-state index contributed by atoms with van der Waals surface area (Å²) < 4.78 is 42.8. The molecule has 3 rings (SSSR count). The molecule has 30 heavy (non-hydrogen) atoms. The van der Waals surface area contributed by atoms with Gasteiger partial charge in [-0.15, -0.1) is 0 Å². The van der Waals surface area contributed by atoms with Crippen LogP contribution < -0.4 is 23.5 Å². The van der Waals surface area contributed by atoms with Gasteiger partial charge in [0, 0.05) is 11.1 Å². The Morgan fingerprint density at radius 2 is 1.43 bits per heavy atom. The number of phosphoric acid groups is 1. The van der Waals surface area contributed by atoms with E-state index in [2.05, 4.69) is 4.98 Å². The van der Waals surface area contributed by atoms with Gasteiger partial charge < -0.3 is 27.9 Å². The van der Waals surface area contributed by atoms with Crippen molar-refractivity contribution in [3.8, 4) is 51.3 Å². The van der Waals surface area contributed by atoms with E-state index in [4.69, 9.17) is 37.7 Å². The smallest absolute Gasteiger partial charge is 0.493 e. The molecular weight excluding hydrogens is 417 g/mol. The molecule has 10 nitrogen and oxygen atoms in total. The third kappa shape index (κ3) is 4.35. The summed E-state index contributed by atoms with van der Waals surface area (Å²) in [6.07, 6.45) is 1.25. The lowest BCUT2D eigenvalue weighted by molar-refractivity contribution is 0.276. The summed E-state index contributed by atoms with van der Waals surface area (Å²) >= 11 is 0. The topological polar surface area (TPSA) is 130 Å². The molecule has 11 heteroatoms. The predicted molar refractivity (Wildman–Crippen MR) is 106 cm³/mol. The summed E-state index contributed by atoms with van der Waals surface area (Å²) in [4.78, 5) is 22.6. The predicted octanol–water partition coefficient (Wildman–Crippen LogP) is 3.51. The van der Waals surface area contributed by atoms with Gasteiger partial charge in [-0.3, -0.25) is 9.79 Å². The van der Waals surface area contributed by atoms with Gasteiger partial charge in [-0.05, 0) is 30.3 Å². The zero-order chi connectivity index (χ0) is 21.9. The molecule has 2 aromatic carbocycles. The standard InChI is InChI=1S/C19H20NO9P/c1-24-13-6-5-11(7-14(13)29-30(21,22)23)18-17(20-10-28-18)12-8-15(25-2)19(27-4)16(9-12)26-3/h5-10H,1-4H3,(H2,21,22,23). The van der Waals surface area contributed by atoms with E-state index in [1.165, 1.54) is 47.0 Å². The monoisotopic (exact) mass is 437 g/mol. The normalized spacial score (nSPS) is 11.1. The van der Waals surface area contributed by atoms with Crippen LogP contribution in [-0.2, 0) is 4.57 Å². The molecule has 3 aromatic rings. The van der Waals surface area contributed by atoms with E-state index in [0.717, 1.165) is 0 Å². The third-order valence-corrected chi connectivity index (χ3v) is 4.58. The molecular formula is C19H20NO9P. The number of aromatic nitrogens is 1. The second-order valence-corrected chi connectivity index (χ2v) is 7.06. The number of oxazole rings is 1. The van der Waals surface area contributed by atoms with Gasteiger partial charge in [0.25, 0.3) is 0 Å². The largest absolute Gasteiger partial charge is 0.524 e. The number of hydrogen-bond donors (Lipinski definition) is 2. The van der Waals surface area contributed by atoms with Gasteiger partial charge in [-0.2, -0.15) is 0 Å². The molecule has 0 radical (unpaired) electrons. The molecule has 0 aliphatic carbocycles. The maximum absolute atomic E-state index is 11.3. The lowest BCUT2D eigenvalue weighted by Crippen LogP contribution is -1.96. The number of rotatable bonds is 8. The average Bonchev–Trinajstić information content (AvgIpc) is 3.21. The van der Waals surface area contributed by atoms with E-state index in [1.54, 1.807) is 18.2 Å². The number of ether oxygens (including phenoxy) is 4. The van der Waals surface area contributed by atoms with E-state index >= 15 is 0 Å². The fraction of sp³-hybridized carbons (Fsp3) is 0.211. The highest BCUT2D eigenvalue weighted by atomic mass is 31.2. The summed E-state index contributed by atoms with van der Waals surface area (Å²) in [5, 5.41) is 0. The highest BCUT2D eigenvalue weighted by Gasteiger charge is 2.23. The quantitative estimate of drug-likeness (QED) is 0.505. The first-order chi connectivity index (χ1) is 14.3. The second-order valence-electron chi connectivity index (χ2n) is 5.89. The molecule has 1 aromatic heterocycles. The van der Waals surface area contributed by atoms with Crippen LogP contribution in [0.25, 0.3) is 22.6 Å². The number of methoxy groups -OCH3 is 4. The molecule has 0 aliphatic heterocycles. The molecule has 2 N–H and O–H groups in total. The van der Waals surface area contributed by atoms with E-state index in [1.807, 2.05) is 0 Å². The zero-order valence-electron chi connectivity index (χ0n) is 16.6. The minimum absolute atomic E-state index is 0.143. The van der Waals surface area contributed by atoms with Crippen molar-refractivity contribution in [2.75, 3.05) is 28.4 Å². The van der Waals surface area contributed by atoms with Crippen LogP contribution >= 0.6 is 7.82 Å². The van der Waals surface area contributed by atoms with Gasteiger partial charge in [-0.1, -0.05) is 0 Å². The SMILES string of the molecule is COc1ccc(-c2ocnc2-c2cc(OC)c(OC)c(OC)c2)cc1OP(=O)(O)O. The lowest BCUT2D eigenvalue weighted by atomic mass is 10.0. The van der Waals surface area contributed by atoms with Crippen LogP contribution in [0.2, 0.25) is 0 Å². The summed E-state index contributed by atoms with van der Waals surface area (Å²) in [6, 6.07) is 7.95. The number of hydrogen-bond acceptors (Lipinski definition) is 8. The molecule has 0 atom stereocenters. The van der Waals surface area contributed by atoms with Crippen molar-refractivity contribution in [2.24, 2.45) is 0 Å². The number of phosphoric ester groups is 1. The van der Waals surface area contributed by atoms with Crippen molar-refractivity contribution in [3.63, 3.8) is 0 Å². The summed E-state index contributed by atoms with van der Waals surface area (Å²) in [5.41, 5.74) is 1.52. The van der Waals surface area contributed by atoms with Gasteiger partial charge in [0.15, 0.2) is 35.2 Å². The van der Waals surface area contributed by atoms with Crippen molar-refractivity contribution in [1.82, 2.24) is 4.98 Å². The molecule has 0 amide bonds. The average molecular weight is 437 g/mol. The summed E-state index contributed by atoms with van der Waals surface area (Å²) in [6.45, 7) is 0. The highest BCUT2D eigenvalue weighted by molar-refractivity contribution is 7.46. The zero-order valence-corrected chi connectivity index (χ0v) is 17.5. The molecule has 0 bridgehead atoms. The van der Waals surface area contributed by atoms with Crippen LogP contribution in [0.5, 0.6) is 28.7 Å². The first-order valence-corrected chi connectivity index (χ1v) is 10.0. The van der Waals surface area contributed by atoms with Crippen molar-refractivity contribution in [1.29, 1.82) is 0 Å². The van der Waals surface area contributed by atoms with Crippen molar-refractivity contribution in [3.05, 3.63) is 36.7 Å². The molecule has 1 heterocycles. The molecule has 0 fully saturated rings. The van der Waals surface area contributed by atoms with E-state index < -0.39 is 7.82 Å². The van der Waals surface area contributed by atoms with Crippen LogP contribution in [0.4, 0.5) is 0 Å². The number of benzene rings is 2. The van der Waals surface area contributed by atoms with E-state index in [0.29, 0.717) is 39.8 Å². The molecule has 160 valence electrons. The Morgan fingerprint density at radius 1 is 0.833 bits per heavy atom. The van der Waals surface area contributed by atoms with E-state index in [-0.39, 0.29) is 11.5 Å².